The standard InChI is InChI=1S/C18H21ClN2O2/c1-21(11-12-5-2-3-7-16(12)22)18(23)14-8-9-15(19)13-6-4-10-20-17(13)14/h4,6,8-10,12,16,22H,2-3,5,7,11H2,1H3. The first-order valence-electron chi connectivity index (χ1n) is 8.04. The fraction of sp³-hybridized carbons (Fsp3) is 0.444. The SMILES string of the molecule is CN(CC1CCCCC1O)C(=O)c1ccc(Cl)c2cccnc12. The van der Waals surface area contributed by atoms with E-state index in [4.69, 9.17) is 11.6 Å². The zero-order chi connectivity index (χ0) is 16.4. The summed E-state index contributed by atoms with van der Waals surface area (Å²) in [6.07, 6.45) is 5.35. The highest BCUT2D eigenvalue weighted by molar-refractivity contribution is 6.36. The minimum absolute atomic E-state index is 0.0804. The van der Waals surface area contributed by atoms with Gasteiger partial charge in [-0.05, 0) is 37.1 Å². The van der Waals surface area contributed by atoms with Gasteiger partial charge in [0.15, 0.2) is 0 Å². The van der Waals surface area contributed by atoms with E-state index in [0.29, 0.717) is 22.6 Å². The van der Waals surface area contributed by atoms with Crippen LogP contribution < -0.4 is 0 Å². The van der Waals surface area contributed by atoms with E-state index in [0.717, 1.165) is 31.1 Å². The Morgan fingerprint density at radius 2 is 2.13 bits per heavy atom. The molecule has 1 aliphatic rings. The summed E-state index contributed by atoms with van der Waals surface area (Å²) in [5.74, 6) is 0.0763. The van der Waals surface area contributed by atoms with Crippen LogP contribution in [0.1, 0.15) is 36.0 Å². The van der Waals surface area contributed by atoms with Crippen molar-refractivity contribution in [3.05, 3.63) is 41.0 Å². The fourth-order valence-electron chi connectivity index (χ4n) is 3.35. The van der Waals surface area contributed by atoms with Gasteiger partial charge in [-0.25, -0.2) is 0 Å². The second kappa shape index (κ2) is 6.85. The molecule has 0 spiro atoms. The maximum absolute atomic E-state index is 12.8. The van der Waals surface area contributed by atoms with Crippen molar-refractivity contribution >= 4 is 28.4 Å². The van der Waals surface area contributed by atoms with Gasteiger partial charge >= 0.3 is 0 Å². The van der Waals surface area contributed by atoms with Crippen molar-refractivity contribution in [3.63, 3.8) is 0 Å². The first-order valence-corrected chi connectivity index (χ1v) is 8.42. The molecular formula is C18H21ClN2O2. The first kappa shape index (κ1) is 16.2. The largest absolute Gasteiger partial charge is 0.393 e. The number of benzene rings is 1. The topological polar surface area (TPSA) is 53.4 Å². The quantitative estimate of drug-likeness (QED) is 0.935. The summed E-state index contributed by atoms with van der Waals surface area (Å²) in [7, 11) is 1.78. The molecule has 0 aliphatic heterocycles. The molecule has 2 unspecified atom stereocenters. The predicted molar refractivity (Wildman–Crippen MR) is 91.7 cm³/mol. The molecule has 1 amide bonds. The van der Waals surface area contributed by atoms with Crippen molar-refractivity contribution in [2.75, 3.05) is 13.6 Å². The normalized spacial score (nSPS) is 21.3. The predicted octanol–water partition coefficient (Wildman–Crippen LogP) is 3.51. The number of hydrogen-bond acceptors (Lipinski definition) is 3. The van der Waals surface area contributed by atoms with Crippen LogP contribution in [-0.4, -0.2) is 40.6 Å². The third-order valence-corrected chi connectivity index (χ3v) is 5.00. The van der Waals surface area contributed by atoms with Crippen LogP contribution >= 0.6 is 11.6 Å². The number of aromatic nitrogens is 1. The Balaban J connectivity index is 1.84. The molecule has 2 atom stereocenters. The number of hydrogen-bond donors (Lipinski definition) is 1. The van der Waals surface area contributed by atoms with Crippen LogP contribution in [0.2, 0.25) is 5.02 Å². The van der Waals surface area contributed by atoms with Crippen molar-refractivity contribution in [1.82, 2.24) is 9.88 Å². The van der Waals surface area contributed by atoms with E-state index in [1.807, 2.05) is 12.1 Å². The van der Waals surface area contributed by atoms with E-state index in [2.05, 4.69) is 4.98 Å². The lowest BCUT2D eigenvalue weighted by Gasteiger charge is -2.31. The Morgan fingerprint density at radius 1 is 1.35 bits per heavy atom. The maximum Gasteiger partial charge on any atom is 0.255 e. The van der Waals surface area contributed by atoms with Crippen LogP contribution in [0.15, 0.2) is 30.5 Å². The summed E-state index contributed by atoms with van der Waals surface area (Å²) < 4.78 is 0. The Hall–Kier alpha value is -1.65. The molecule has 1 fully saturated rings. The molecule has 1 saturated carbocycles. The van der Waals surface area contributed by atoms with Crippen LogP contribution in [0.4, 0.5) is 0 Å². The molecule has 122 valence electrons. The van der Waals surface area contributed by atoms with E-state index in [1.54, 1.807) is 30.3 Å². The van der Waals surface area contributed by atoms with E-state index in [9.17, 15) is 9.90 Å². The third-order valence-electron chi connectivity index (χ3n) is 4.67. The summed E-state index contributed by atoms with van der Waals surface area (Å²) in [6, 6.07) is 7.15. The number of pyridine rings is 1. The lowest BCUT2D eigenvalue weighted by molar-refractivity contribution is 0.0452. The van der Waals surface area contributed by atoms with E-state index in [-0.39, 0.29) is 17.9 Å². The number of rotatable bonds is 3. The molecule has 1 heterocycles. The Bertz CT molecular complexity index is 719. The highest BCUT2D eigenvalue weighted by Crippen LogP contribution is 2.27. The Kier molecular flexibility index (Phi) is 4.83. The van der Waals surface area contributed by atoms with E-state index >= 15 is 0 Å². The number of aliphatic hydroxyl groups is 1. The number of aliphatic hydroxyl groups excluding tert-OH is 1. The van der Waals surface area contributed by atoms with E-state index in [1.165, 1.54) is 0 Å². The molecule has 23 heavy (non-hydrogen) atoms. The second-order valence-electron chi connectivity index (χ2n) is 6.29. The fourth-order valence-corrected chi connectivity index (χ4v) is 3.57. The Labute approximate surface area is 141 Å². The molecule has 3 rings (SSSR count). The number of halogens is 1. The van der Waals surface area contributed by atoms with Gasteiger partial charge in [0, 0.05) is 31.1 Å². The van der Waals surface area contributed by atoms with Crippen molar-refractivity contribution in [2.45, 2.75) is 31.8 Å². The molecule has 0 bridgehead atoms. The number of amides is 1. The molecular weight excluding hydrogens is 312 g/mol. The van der Waals surface area contributed by atoms with Crippen LogP contribution in [0.5, 0.6) is 0 Å². The molecule has 0 radical (unpaired) electrons. The van der Waals surface area contributed by atoms with Gasteiger partial charge in [-0.2, -0.15) is 0 Å². The highest BCUT2D eigenvalue weighted by Gasteiger charge is 2.26. The summed E-state index contributed by atoms with van der Waals surface area (Å²) in [5.41, 5.74) is 1.18. The van der Waals surface area contributed by atoms with Gasteiger partial charge in [0.1, 0.15) is 0 Å². The molecule has 1 aromatic heterocycles. The summed E-state index contributed by atoms with van der Waals surface area (Å²) in [4.78, 5) is 18.8. The van der Waals surface area contributed by atoms with Crippen molar-refractivity contribution in [3.8, 4) is 0 Å². The highest BCUT2D eigenvalue weighted by atomic mass is 35.5. The third kappa shape index (κ3) is 3.33. The van der Waals surface area contributed by atoms with Gasteiger partial charge in [0.2, 0.25) is 0 Å². The summed E-state index contributed by atoms with van der Waals surface area (Å²) in [5, 5.41) is 11.5. The minimum Gasteiger partial charge on any atom is -0.393 e. The lowest BCUT2D eigenvalue weighted by atomic mass is 9.86. The van der Waals surface area contributed by atoms with Crippen molar-refractivity contribution < 1.29 is 9.90 Å². The number of nitrogens with zero attached hydrogens (tertiary/aromatic N) is 2. The van der Waals surface area contributed by atoms with Gasteiger partial charge < -0.3 is 10.0 Å². The van der Waals surface area contributed by atoms with Gasteiger partial charge in [-0.3, -0.25) is 9.78 Å². The van der Waals surface area contributed by atoms with Gasteiger partial charge in [-0.15, -0.1) is 0 Å². The number of carbonyl (C=O) groups excluding carboxylic acids is 1. The maximum atomic E-state index is 12.8. The zero-order valence-electron chi connectivity index (χ0n) is 13.2. The lowest BCUT2D eigenvalue weighted by Crippen LogP contribution is -2.38. The van der Waals surface area contributed by atoms with Crippen LogP contribution in [0.25, 0.3) is 10.9 Å². The molecule has 0 saturated heterocycles. The van der Waals surface area contributed by atoms with Crippen LogP contribution in [-0.2, 0) is 0 Å². The zero-order valence-corrected chi connectivity index (χ0v) is 14.0. The van der Waals surface area contributed by atoms with Crippen LogP contribution in [0, 0.1) is 5.92 Å². The number of carbonyl (C=O) groups is 1. The molecule has 2 aromatic rings. The monoisotopic (exact) mass is 332 g/mol. The molecule has 1 aliphatic carbocycles. The first-order chi connectivity index (χ1) is 11.1. The van der Waals surface area contributed by atoms with Crippen LogP contribution in [0.3, 0.4) is 0 Å². The molecule has 5 heteroatoms. The van der Waals surface area contributed by atoms with E-state index < -0.39 is 0 Å². The molecule has 1 aromatic carbocycles. The average Bonchev–Trinajstić information content (AvgIpc) is 2.57. The summed E-state index contributed by atoms with van der Waals surface area (Å²) >= 11 is 6.19. The van der Waals surface area contributed by atoms with Gasteiger partial charge in [0.25, 0.3) is 5.91 Å². The smallest absolute Gasteiger partial charge is 0.255 e. The van der Waals surface area contributed by atoms with Gasteiger partial charge in [0.05, 0.1) is 22.2 Å². The van der Waals surface area contributed by atoms with Gasteiger partial charge in [-0.1, -0.05) is 24.4 Å². The number of fused-ring (bicyclic) bond motifs is 1. The van der Waals surface area contributed by atoms with Crippen molar-refractivity contribution in [2.24, 2.45) is 5.92 Å². The molecule has 1 N–H and O–H groups in total. The molecule has 4 nitrogen and oxygen atoms in total. The Morgan fingerprint density at radius 3 is 2.91 bits per heavy atom. The summed E-state index contributed by atoms with van der Waals surface area (Å²) in [6.45, 7) is 0.566. The van der Waals surface area contributed by atoms with Crippen molar-refractivity contribution in [1.29, 1.82) is 0 Å². The average molecular weight is 333 g/mol. The minimum atomic E-state index is -0.306. The second-order valence-corrected chi connectivity index (χ2v) is 6.70.